The molecule has 1 aliphatic carbocycles. The second kappa shape index (κ2) is 6.55. The van der Waals surface area contributed by atoms with Gasteiger partial charge in [0.05, 0.1) is 12.2 Å². The van der Waals surface area contributed by atoms with Crippen molar-refractivity contribution in [3.05, 3.63) is 11.6 Å². The van der Waals surface area contributed by atoms with Crippen molar-refractivity contribution in [3.8, 4) is 0 Å². The fourth-order valence-electron chi connectivity index (χ4n) is 3.21. The van der Waals surface area contributed by atoms with Gasteiger partial charge in [-0.15, -0.1) is 0 Å². The molecule has 98 valence electrons. The zero-order chi connectivity index (χ0) is 12.1. The molecule has 0 spiro atoms. The summed E-state index contributed by atoms with van der Waals surface area (Å²) < 4.78 is 5.92. The summed E-state index contributed by atoms with van der Waals surface area (Å²) in [4.78, 5) is 0. The molecule has 1 saturated heterocycles. The zero-order valence-electron chi connectivity index (χ0n) is 11.4. The van der Waals surface area contributed by atoms with E-state index >= 15 is 0 Å². The molecule has 0 aromatic rings. The fourth-order valence-corrected chi connectivity index (χ4v) is 3.21. The number of nitrogens with one attached hydrogen (secondary N) is 1. The number of rotatable bonds is 4. The molecule has 0 amide bonds. The highest BCUT2D eigenvalue weighted by atomic mass is 16.5. The first-order valence-electron chi connectivity index (χ1n) is 7.30. The van der Waals surface area contributed by atoms with Crippen LogP contribution in [0.25, 0.3) is 0 Å². The maximum Gasteiger partial charge on any atom is 0.0763 e. The molecule has 2 heteroatoms. The van der Waals surface area contributed by atoms with Gasteiger partial charge in [-0.2, -0.15) is 0 Å². The lowest BCUT2D eigenvalue weighted by molar-refractivity contribution is 0.0823. The van der Waals surface area contributed by atoms with Crippen LogP contribution in [0.1, 0.15) is 51.9 Å². The molecule has 0 bridgehead atoms. The van der Waals surface area contributed by atoms with Crippen molar-refractivity contribution in [2.75, 3.05) is 13.6 Å². The van der Waals surface area contributed by atoms with Crippen LogP contribution >= 0.6 is 0 Å². The Bertz CT molecular complexity index is 256. The van der Waals surface area contributed by atoms with E-state index < -0.39 is 0 Å². The number of ether oxygens (including phenoxy) is 1. The Morgan fingerprint density at radius 3 is 2.53 bits per heavy atom. The average molecular weight is 237 g/mol. The van der Waals surface area contributed by atoms with Crippen LogP contribution in [0.15, 0.2) is 11.6 Å². The van der Waals surface area contributed by atoms with Crippen molar-refractivity contribution in [2.45, 2.75) is 64.1 Å². The van der Waals surface area contributed by atoms with Crippen LogP contribution in [-0.4, -0.2) is 25.8 Å². The third kappa shape index (κ3) is 3.82. The predicted molar refractivity (Wildman–Crippen MR) is 72.2 cm³/mol. The molecule has 1 heterocycles. The zero-order valence-corrected chi connectivity index (χ0v) is 11.4. The summed E-state index contributed by atoms with van der Waals surface area (Å²) in [5.41, 5.74) is 1.60. The van der Waals surface area contributed by atoms with Gasteiger partial charge in [-0.1, -0.05) is 30.9 Å². The van der Waals surface area contributed by atoms with Crippen molar-refractivity contribution >= 4 is 0 Å². The molecular formula is C15H27NO. The summed E-state index contributed by atoms with van der Waals surface area (Å²) >= 11 is 0. The molecule has 0 aromatic heterocycles. The van der Waals surface area contributed by atoms with E-state index in [0.29, 0.717) is 12.2 Å². The van der Waals surface area contributed by atoms with E-state index in [2.05, 4.69) is 25.4 Å². The minimum Gasteiger partial charge on any atom is -0.371 e. The molecule has 1 aliphatic heterocycles. The molecule has 2 atom stereocenters. The summed E-state index contributed by atoms with van der Waals surface area (Å²) in [5, 5.41) is 3.33. The van der Waals surface area contributed by atoms with Gasteiger partial charge in [-0.25, -0.2) is 0 Å². The van der Waals surface area contributed by atoms with Gasteiger partial charge in [0.2, 0.25) is 0 Å². The van der Waals surface area contributed by atoms with Crippen molar-refractivity contribution in [1.29, 1.82) is 0 Å². The highest BCUT2D eigenvalue weighted by Crippen LogP contribution is 2.31. The first kappa shape index (κ1) is 13.1. The van der Waals surface area contributed by atoms with Crippen LogP contribution in [0.4, 0.5) is 0 Å². The van der Waals surface area contributed by atoms with Crippen LogP contribution in [0.3, 0.4) is 0 Å². The average Bonchev–Trinajstić information content (AvgIpc) is 2.75. The molecule has 17 heavy (non-hydrogen) atoms. The molecule has 2 unspecified atom stereocenters. The van der Waals surface area contributed by atoms with Gasteiger partial charge in [0, 0.05) is 6.54 Å². The molecule has 1 saturated carbocycles. The van der Waals surface area contributed by atoms with Crippen LogP contribution in [0, 0.1) is 5.92 Å². The Labute approximate surface area is 106 Å². The van der Waals surface area contributed by atoms with E-state index in [0.717, 1.165) is 12.5 Å². The molecular weight excluding hydrogens is 210 g/mol. The lowest BCUT2D eigenvalue weighted by Crippen LogP contribution is -2.21. The second-order valence-electron chi connectivity index (χ2n) is 5.67. The third-order valence-corrected chi connectivity index (χ3v) is 4.18. The van der Waals surface area contributed by atoms with E-state index in [1.54, 1.807) is 5.57 Å². The first-order valence-corrected chi connectivity index (χ1v) is 7.30. The Kier molecular flexibility index (Phi) is 5.05. The normalized spacial score (nSPS) is 32.0. The van der Waals surface area contributed by atoms with Crippen molar-refractivity contribution in [2.24, 2.45) is 5.92 Å². The highest BCUT2D eigenvalue weighted by Gasteiger charge is 2.23. The lowest BCUT2D eigenvalue weighted by Gasteiger charge is -2.25. The number of hydrogen-bond donors (Lipinski definition) is 1. The molecule has 1 N–H and O–H groups in total. The van der Waals surface area contributed by atoms with Crippen LogP contribution < -0.4 is 5.32 Å². The molecule has 2 nitrogen and oxygen atoms in total. The summed E-state index contributed by atoms with van der Waals surface area (Å²) in [5.74, 6) is 0.815. The largest absolute Gasteiger partial charge is 0.371 e. The minimum atomic E-state index is 0.385. The van der Waals surface area contributed by atoms with Gasteiger partial charge < -0.3 is 10.1 Å². The van der Waals surface area contributed by atoms with Gasteiger partial charge >= 0.3 is 0 Å². The molecule has 2 aliphatic rings. The summed E-state index contributed by atoms with van der Waals surface area (Å²) in [6.45, 7) is 3.23. The number of hydrogen-bond acceptors (Lipinski definition) is 2. The fraction of sp³-hybridized carbons (Fsp3) is 0.867. The molecule has 0 aromatic carbocycles. The maximum atomic E-state index is 5.92. The standard InChI is InChI=1S/C15H27NO/c1-12-8-9-15(17-12)10-14(11-16-2)13-6-4-3-5-7-13/h10,12-13,15-16H,3-9,11H2,1-2H3. The topological polar surface area (TPSA) is 21.3 Å². The summed E-state index contributed by atoms with van der Waals surface area (Å²) in [6, 6.07) is 0. The number of likely N-dealkylation sites (N-methyl/N-ethyl adjacent to an activating group) is 1. The van der Waals surface area contributed by atoms with Gasteiger partial charge in [-0.3, -0.25) is 0 Å². The van der Waals surface area contributed by atoms with Crippen LogP contribution in [0.5, 0.6) is 0 Å². The van der Waals surface area contributed by atoms with Crippen molar-refractivity contribution < 1.29 is 4.74 Å². The Hall–Kier alpha value is -0.340. The van der Waals surface area contributed by atoms with E-state index in [4.69, 9.17) is 4.74 Å². The summed E-state index contributed by atoms with van der Waals surface area (Å²) in [7, 11) is 2.05. The lowest BCUT2D eigenvalue weighted by atomic mass is 9.83. The quantitative estimate of drug-likeness (QED) is 0.758. The Morgan fingerprint density at radius 2 is 1.94 bits per heavy atom. The smallest absolute Gasteiger partial charge is 0.0763 e. The van der Waals surface area contributed by atoms with E-state index in [-0.39, 0.29) is 0 Å². The second-order valence-corrected chi connectivity index (χ2v) is 5.67. The Morgan fingerprint density at radius 1 is 1.18 bits per heavy atom. The predicted octanol–water partition coefficient (Wildman–Crippen LogP) is 3.28. The van der Waals surface area contributed by atoms with Crippen molar-refractivity contribution in [1.82, 2.24) is 5.32 Å². The van der Waals surface area contributed by atoms with E-state index in [1.807, 2.05) is 0 Å². The first-order chi connectivity index (χ1) is 8.29. The van der Waals surface area contributed by atoms with Gasteiger partial charge in [0.15, 0.2) is 0 Å². The van der Waals surface area contributed by atoms with E-state index in [1.165, 1.54) is 44.9 Å². The van der Waals surface area contributed by atoms with Gasteiger partial charge in [0.1, 0.15) is 0 Å². The monoisotopic (exact) mass is 237 g/mol. The molecule has 2 fully saturated rings. The molecule has 2 rings (SSSR count). The van der Waals surface area contributed by atoms with Gasteiger partial charge in [0.25, 0.3) is 0 Å². The third-order valence-electron chi connectivity index (χ3n) is 4.18. The van der Waals surface area contributed by atoms with Crippen LogP contribution in [-0.2, 0) is 4.74 Å². The molecule has 0 radical (unpaired) electrons. The Balaban J connectivity index is 1.97. The van der Waals surface area contributed by atoms with Crippen LogP contribution in [0.2, 0.25) is 0 Å². The SMILES string of the molecule is CNCC(=CC1CCC(C)O1)C1CCCCC1. The highest BCUT2D eigenvalue weighted by molar-refractivity contribution is 5.13. The summed E-state index contributed by atoms with van der Waals surface area (Å²) in [6.07, 6.45) is 12.7. The van der Waals surface area contributed by atoms with E-state index in [9.17, 15) is 0 Å². The van der Waals surface area contributed by atoms with Crippen molar-refractivity contribution in [3.63, 3.8) is 0 Å². The minimum absolute atomic E-state index is 0.385. The maximum absolute atomic E-state index is 5.92. The van der Waals surface area contributed by atoms with Gasteiger partial charge in [-0.05, 0) is 45.6 Å².